The third-order valence-corrected chi connectivity index (χ3v) is 2.86. The SMILES string of the molecule is CC(O)c1onc(-c2ccccc2)c1C(=O)NC(C)(C)C. The first kappa shape index (κ1) is 15.3. The highest BCUT2D eigenvalue weighted by Crippen LogP contribution is 2.29. The lowest BCUT2D eigenvalue weighted by atomic mass is 10.0. The molecule has 0 fully saturated rings. The van der Waals surface area contributed by atoms with Crippen LogP contribution < -0.4 is 5.32 Å². The van der Waals surface area contributed by atoms with Crippen LogP contribution in [-0.4, -0.2) is 21.7 Å². The van der Waals surface area contributed by atoms with Crippen LogP contribution in [0, 0.1) is 0 Å². The van der Waals surface area contributed by atoms with Gasteiger partial charge in [-0.15, -0.1) is 0 Å². The van der Waals surface area contributed by atoms with Crippen molar-refractivity contribution in [3.63, 3.8) is 0 Å². The first-order valence-electron chi connectivity index (χ1n) is 6.85. The van der Waals surface area contributed by atoms with E-state index in [0.717, 1.165) is 5.56 Å². The number of aliphatic hydroxyl groups excluding tert-OH is 1. The second-order valence-corrected chi connectivity index (χ2v) is 6.02. The highest BCUT2D eigenvalue weighted by atomic mass is 16.5. The van der Waals surface area contributed by atoms with Gasteiger partial charge in [0.25, 0.3) is 5.91 Å². The van der Waals surface area contributed by atoms with Crippen LogP contribution in [-0.2, 0) is 0 Å². The number of carbonyl (C=O) groups excluding carboxylic acids is 1. The first-order valence-corrected chi connectivity index (χ1v) is 6.85. The molecule has 0 aliphatic heterocycles. The zero-order valence-electron chi connectivity index (χ0n) is 12.7. The average Bonchev–Trinajstić information content (AvgIpc) is 2.82. The van der Waals surface area contributed by atoms with Crippen molar-refractivity contribution < 1.29 is 14.4 Å². The van der Waals surface area contributed by atoms with Crippen LogP contribution in [0.15, 0.2) is 34.9 Å². The standard InChI is InChI=1S/C16H20N2O3/c1-10(19)14-12(15(20)17-16(2,3)4)13(18-21-14)11-8-6-5-7-9-11/h5-10,19H,1-4H3,(H,17,20). The molecule has 5 nitrogen and oxygen atoms in total. The Hall–Kier alpha value is -2.14. The van der Waals surface area contributed by atoms with E-state index in [4.69, 9.17) is 4.52 Å². The Morgan fingerprint density at radius 3 is 2.43 bits per heavy atom. The number of amides is 1. The van der Waals surface area contributed by atoms with Crippen molar-refractivity contribution >= 4 is 5.91 Å². The van der Waals surface area contributed by atoms with Crippen molar-refractivity contribution in [2.24, 2.45) is 0 Å². The Kier molecular flexibility index (Phi) is 4.14. The van der Waals surface area contributed by atoms with E-state index in [0.29, 0.717) is 5.69 Å². The van der Waals surface area contributed by atoms with Gasteiger partial charge in [-0.05, 0) is 27.7 Å². The molecule has 0 spiro atoms. The summed E-state index contributed by atoms with van der Waals surface area (Å²) in [6.45, 7) is 7.22. The van der Waals surface area contributed by atoms with Gasteiger partial charge in [0.05, 0.1) is 0 Å². The molecule has 2 N–H and O–H groups in total. The van der Waals surface area contributed by atoms with Crippen LogP contribution in [0.1, 0.15) is 49.9 Å². The van der Waals surface area contributed by atoms with E-state index in [1.165, 1.54) is 0 Å². The van der Waals surface area contributed by atoms with Gasteiger partial charge in [-0.1, -0.05) is 35.5 Å². The molecule has 0 bridgehead atoms. The van der Waals surface area contributed by atoms with Crippen molar-refractivity contribution in [2.75, 3.05) is 0 Å². The topological polar surface area (TPSA) is 75.4 Å². The maximum Gasteiger partial charge on any atom is 0.257 e. The minimum Gasteiger partial charge on any atom is -0.385 e. The van der Waals surface area contributed by atoms with Crippen LogP contribution >= 0.6 is 0 Å². The van der Waals surface area contributed by atoms with E-state index in [1.54, 1.807) is 6.92 Å². The van der Waals surface area contributed by atoms with Gasteiger partial charge in [-0.3, -0.25) is 4.79 Å². The summed E-state index contributed by atoms with van der Waals surface area (Å²) in [6, 6.07) is 9.29. The van der Waals surface area contributed by atoms with Crippen molar-refractivity contribution in [1.29, 1.82) is 0 Å². The van der Waals surface area contributed by atoms with Crippen LogP contribution in [0.25, 0.3) is 11.3 Å². The fraction of sp³-hybridized carbons (Fsp3) is 0.375. The highest BCUT2D eigenvalue weighted by Gasteiger charge is 2.28. The Morgan fingerprint density at radius 2 is 1.90 bits per heavy atom. The van der Waals surface area contributed by atoms with Gasteiger partial charge in [0.15, 0.2) is 5.76 Å². The normalized spacial score (nSPS) is 13.0. The lowest BCUT2D eigenvalue weighted by Gasteiger charge is -2.20. The summed E-state index contributed by atoms with van der Waals surface area (Å²) in [4.78, 5) is 12.5. The van der Waals surface area contributed by atoms with Crippen LogP contribution in [0.2, 0.25) is 0 Å². The van der Waals surface area contributed by atoms with Gasteiger partial charge >= 0.3 is 0 Å². The summed E-state index contributed by atoms with van der Waals surface area (Å²) < 4.78 is 5.19. The number of rotatable bonds is 3. The molecule has 0 aliphatic rings. The van der Waals surface area contributed by atoms with E-state index < -0.39 is 11.6 Å². The molecule has 0 saturated heterocycles. The van der Waals surface area contributed by atoms with E-state index in [1.807, 2.05) is 51.1 Å². The van der Waals surface area contributed by atoms with E-state index in [9.17, 15) is 9.90 Å². The minimum absolute atomic E-state index is 0.176. The predicted molar refractivity (Wildman–Crippen MR) is 79.8 cm³/mol. The number of hydrogen-bond acceptors (Lipinski definition) is 4. The summed E-state index contributed by atoms with van der Waals surface area (Å²) >= 11 is 0. The molecule has 0 saturated carbocycles. The summed E-state index contributed by atoms with van der Waals surface area (Å²) in [6.07, 6.45) is -0.907. The lowest BCUT2D eigenvalue weighted by molar-refractivity contribution is 0.0907. The quantitative estimate of drug-likeness (QED) is 0.910. The number of benzene rings is 1. The van der Waals surface area contributed by atoms with Gasteiger partial charge in [0, 0.05) is 11.1 Å². The molecule has 2 rings (SSSR count). The van der Waals surface area contributed by atoms with Gasteiger partial charge in [0.2, 0.25) is 0 Å². The lowest BCUT2D eigenvalue weighted by Crippen LogP contribution is -2.41. The molecular weight excluding hydrogens is 268 g/mol. The average molecular weight is 288 g/mol. The van der Waals surface area contributed by atoms with Crippen LogP contribution in [0.5, 0.6) is 0 Å². The van der Waals surface area contributed by atoms with Gasteiger partial charge in [0.1, 0.15) is 17.4 Å². The fourth-order valence-corrected chi connectivity index (χ4v) is 2.00. The van der Waals surface area contributed by atoms with Gasteiger partial charge in [-0.25, -0.2) is 0 Å². The Bertz CT molecular complexity index is 625. The largest absolute Gasteiger partial charge is 0.385 e. The van der Waals surface area contributed by atoms with Gasteiger partial charge < -0.3 is 14.9 Å². The van der Waals surface area contributed by atoms with Crippen molar-refractivity contribution in [3.8, 4) is 11.3 Å². The minimum atomic E-state index is -0.907. The van der Waals surface area contributed by atoms with Crippen molar-refractivity contribution in [2.45, 2.75) is 39.3 Å². The van der Waals surface area contributed by atoms with E-state index in [2.05, 4.69) is 10.5 Å². The van der Waals surface area contributed by atoms with Crippen LogP contribution in [0.3, 0.4) is 0 Å². The first-order chi connectivity index (χ1) is 9.79. The Labute approximate surface area is 124 Å². The molecule has 0 aliphatic carbocycles. The maximum absolute atomic E-state index is 12.5. The van der Waals surface area contributed by atoms with E-state index in [-0.39, 0.29) is 17.2 Å². The molecule has 5 heteroatoms. The zero-order valence-corrected chi connectivity index (χ0v) is 12.7. The Balaban J connectivity index is 2.51. The third-order valence-electron chi connectivity index (χ3n) is 2.86. The Morgan fingerprint density at radius 1 is 1.29 bits per heavy atom. The van der Waals surface area contributed by atoms with E-state index >= 15 is 0 Å². The van der Waals surface area contributed by atoms with Gasteiger partial charge in [-0.2, -0.15) is 0 Å². The molecule has 0 radical (unpaired) electrons. The summed E-state index contributed by atoms with van der Waals surface area (Å²) in [7, 11) is 0. The molecule has 112 valence electrons. The third kappa shape index (κ3) is 3.49. The molecule has 21 heavy (non-hydrogen) atoms. The molecule has 1 aromatic heterocycles. The molecule has 1 aromatic carbocycles. The summed E-state index contributed by atoms with van der Waals surface area (Å²) in [5.41, 5.74) is 1.10. The second-order valence-electron chi connectivity index (χ2n) is 6.02. The highest BCUT2D eigenvalue weighted by molar-refractivity contribution is 6.01. The second kappa shape index (κ2) is 5.69. The van der Waals surface area contributed by atoms with Crippen LogP contribution in [0.4, 0.5) is 0 Å². The smallest absolute Gasteiger partial charge is 0.257 e. The fourth-order valence-electron chi connectivity index (χ4n) is 2.00. The maximum atomic E-state index is 12.5. The number of nitrogens with one attached hydrogen (secondary N) is 1. The summed E-state index contributed by atoms with van der Waals surface area (Å²) in [5.74, 6) is -0.130. The molecule has 1 atom stereocenters. The number of aromatic nitrogens is 1. The molecule has 1 heterocycles. The monoisotopic (exact) mass is 288 g/mol. The zero-order chi connectivity index (χ0) is 15.6. The number of carbonyl (C=O) groups is 1. The molecular formula is C16H20N2O3. The molecule has 1 amide bonds. The summed E-state index contributed by atoms with van der Waals surface area (Å²) in [5, 5.41) is 16.6. The molecule has 1 unspecified atom stereocenters. The van der Waals surface area contributed by atoms with Crippen molar-refractivity contribution in [3.05, 3.63) is 41.7 Å². The number of nitrogens with zero attached hydrogens (tertiary/aromatic N) is 1. The number of hydrogen-bond donors (Lipinski definition) is 2. The number of aliphatic hydroxyl groups is 1. The predicted octanol–water partition coefficient (Wildman–Crippen LogP) is 2.92. The molecule has 2 aromatic rings. The van der Waals surface area contributed by atoms with Crippen molar-refractivity contribution in [1.82, 2.24) is 10.5 Å².